The third kappa shape index (κ3) is 1.56. The van der Waals surface area contributed by atoms with Crippen molar-refractivity contribution >= 4 is 17.8 Å². The van der Waals surface area contributed by atoms with Gasteiger partial charge in [-0.3, -0.25) is 19.7 Å². The lowest BCUT2D eigenvalue weighted by Crippen LogP contribution is -2.62. The zero-order chi connectivity index (χ0) is 13.1. The molecule has 2 aliphatic rings. The number of nitrogens with one attached hydrogen (secondary N) is 1. The Kier molecular flexibility index (Phi) is 2.19. The second-order valence-corrected chi connectivity index (χ2v) is 6.30. The molecular formula is C12H17NO4. The minimum atomic E-state index is -1.00. The minimum Gasteiger partial charge on any atom is -0.481 e. The van der Waals surface area contributed by atoms with Crippen LogP contribution in [0, 0.1) is 16.2 Å². The summed E-state index contributed by atoms with van der Waals surface area (Å²) in [6.45, 7) is 5.11. The summed E-state index contributed by atoms with van der Waals surface area (Å²) in [7, 11) is 0. The predicted molar refractivity (Wildman–Crippen MR) is 59.0 cm³/mol. The second-order valence-electron chi connectivity index (χ2n) is 6.30. The number of amides is 2. The number of hydrogen-bond donors (Lipinski definition) is 2. The number of aliphatic carboxylic acids is 1. The molecule has 0 aromatic carbocycles. The fourth-order valence-electron chi connectivity index (χ4n) is 3.65. The van der Waals surface area contributed by atoms with Gasteiger partial charge in [-0.15, -0.1) is 0 Å². The van der Waals surface area contributed by atoms with Crippen molar-refractivity contribution in [1.29, 1.82) is 0 Å². The van der Waals surface area contributed by atoms with Gasteiger partial charge in [0.15, 0.2) is 0 Å². The molecule has 1 saturated heterocycles. The molecule has 5 heteroatoms. The molecule has 0 aromatic heterocycles. The Morgan fingerprint density at radius 3 is 1.82 bits per heavy atom. The summed E-state index contributed by atoms with van der Waals surface area (Å²) in [5.74, 6) is -1.61. The van der Waals surface area contributed by atoms with Gasteiger partial charge < -0.3 is 5.11 Å². The quantitative estimate of drug-likeness (QED) is 0.667. The molecule has 1 aliphatic carbocycles. The summed E-state index contributed by atoms with van der Waals surface area (Å²) in [6.07, 6.45) is 1.00. The Morgan fingerprint density at radius 1 is 1.06 bits per heavy atom. The predicted octanol–water partition coefficient (Wildman–Crippen LogP) is 0.930. The van der Waals surface area contributed by atoms with E-state index in [1.54, 1.807) is 20.8 Å². The number of imide groups is 1. The van der Waals surface area contributed by atoms with E-state index in [-0.39, 0.29) is 24.7 Å². The molecule has 17 heavy (non-hydrogen) atoms. The molecule has 2 atom stereocenters. The summed E-state index contributed by atoms with van der Waals surface area (Å²) in [6, 6.07) is 0. The average Bonchev–Trinajstić information content (AvgIpc) is 2.13. The van der Waals surface area contributed by atoms with E-state index in [2.05, 4.69) is 5.32 Å². The molecule has 2 unspecified atom stereocenters. The van der Waals surface area contributed by atoms with Crippen LogP contribution < -0.4 is 5.32 Å². The monoisotopic (exact) mass is 239 g/mol. The first-order valence-electron chi connectivity index (χ1n) is 5.71. The highest BCUT2D eigenvalue weighted by Crippen LogP contribution is 2.56. The molecule has 1 saturated carbocycles. The number of carboxylic acid groups (broad SMARTS) is 1. The first-order chi connectivity index (χ1) is 7.61. The van der Waals surface area contributed by atoms with Crippen molar-refractivity contribution in [1.82, 2.24) is 5.32 Å². The number of piperidine rings is 1. The Bertz CT molecular complexity index is 398. The van der Waals surface area contributed by atoms with Crippen molar-refractivity contribution in [3.8, 4) is 0 Å². The van der Waals surface area contributed by atoms with Crippen molar-refractivity contribution in [3.05, 3.63) is 0 Å². The molecule has 2 N–H and O–H groups in total. The first-order valence-corrected chi connectivity index (χ1v) is 5.71. The highest BCUT2D eigenvalue weighted by atomic mass is 16.4. The van der Waals surface area contributed by atoms with Crippen molar-refractivity contribution in [2.75, 3.05) is 0 Å². The van der Waals surface area contributed by atoms with Gasteiger partial charge in [-0.05, 0) is 26.2 Å². The maximum Gasteiger partial charge on any atom is 0.309 e. The maximum atomic E-state index is 11.9. The van der Waals surface area contributed by atoms with E-state index in [1.165, 1.54) is 0 Å². The van der Waals surface area contributed by atoms with Crippen LogP contribution in [0.1, 0.15) is 40.0 Å². The molecule has 2 fully saturated rings. The maximum absolute atomic E-state index is 11.9. The summed E-state index contributed by atoms with van der Waals surface area (Å²) < 4.78 is 0. The van der Waals surface area contributed by atoms with Gasteiger partial charge in [-0.25, -0.2) is 0 Å². The number of rotatable bonds is 1. The number of carbonyl (C=O) groups is 3. The van der Waals surface area contributed by atoms with E-state index in [0.717, 1.165) is 0 Å². The molecule has 0 spiro atoms. The third-order valence-electron chi connectivity index (χ3n) is 4.18. The van der Waals surface area contributed by atoms with Crippen LogP contribution in [0.3, 0.4) is 0 Å². The summed E-state index contributed by atoms with van der Waals surface area (Å²) >= 11 is 0. The van der Waals surface area contributed by atoms with E-state index in [4.69, 9.17) is 0 Å². The van der Waals surface area contributed by atoms with Crippen LogP contribution in [0.4, 0.5) is 0 Å². The molecular weight excluding hydrogens is 222 g/mol. The Hall–Kier alpha value is -1.39. The van der Waals surface area contributed by atoms with Gasteiger partial charge in [-0.1, -0.05) is 13.8 Å². The third-order valence-corrected chi connectivity index (χ3v) is 4.18. The van der Waals surface area contributed by atoms with Gasteiger partial charge in [-0.2, -0.15) is 0 Å². The number of carboxylic acids is 1. The number of carbonyl (C=O) groups excluding carboxylic acids is 2. The summed E-state index contributed by atoms with van der Waals surface area (Å²) in [5, 5.41) is 11.7. The molecule has 2 rings (SSSR count). The zero-order valence-corrected chi connectivity index (χ0v) is 10.3. The van der Waals surface area contributed by atoms with E-state index in [1.807, 2.05) is 0 Å². The Labute approximate surface area is 99.6 Å². The van der Waals surface area contributed by atoms with Gasteiger partial charge in [0.1, 0.15) is 0 Å². The Morgan fingerprint density at radius 2 is 1.47 bits per heavy atom. The van der Waals surface area contributed by atoms with E-state index in [9.17, 15) is 19.5 Å². The van der Waals surface area contributed by atoms with Crippen molar-refractivity contribution in [2.24, 2.45) is 16.2 Å². The van der Waals surface area contributed by atoms with E-state index < -0.39 is 22.2 Å². The molecule has 94 valence electrons. The van der Waals surface area contributed by atoms with Crippen molar-refractivity contribution in [2.45, 2.75) is 40.0 Å². The SMILES string of the molecule is CC1(C(=O)O)CC2(C)CC(C)(C1)C(=O)NC2=O. The first kappa shape index (κ1) is 12.1. The molecule has 0 radical (unpaired) electrons. The molecule has 0 aromatic rings. The van der Waals surface area contributed by atoms with Crippen LogP contribution in [-0.4, -0.2) is 22.9 Å². The van der Waals surface area contributed by atoms with Gasteiger partial charge >= 0.3 is 5.97 Å². The smallest absolute Gasteiger partial charge is 0.309 e. The van der Waals surface area contributed by atoms with Crippen LogP contribution in [0.5, 0.6) is 0 Å². The lowest BCUT2D eigenvalue weighted by atomic mass is 9.52. The van der Waals surface area contributed by atoms with Gasteiger partial charge in [0.25, 0.3) is 0 Å². The van der Waals surface area contributed by atoms with Crippen LogP contribution in [-0.2, 0) is 14.4 Å². The summed E-state index contributed by atoms with van der Waals surface area (Å²) in [5.41, 5.74) is -2.52. The van der Waals surface area contributed by atoms with Crippen LogP contribution in [0.15, 0.2) is 0 Å². The number of hydrogen-bond acceptors (Lipinski definition) is 3. The van der Waals surface area contributed by atoms with Crippen molar-refractivity contribution < 1.29 is 19.5 Å². The van der Waals surface area contributed by atoms with Crippen LogP contribution >= 0.6 is 0 Å². The summed E-state index contributed by atoms with van der Waals surface area (Å²) in [4.78, 5) is 35.1. The lowest BCUT2D eigenvalue weighted by Gasteiger charge is -2.52. The van der Waals surface area contributed by atoms with Crippen LogP contribution in [0.25, 0.3) is 0 Å². The minimum absolute atomic E-state index is 0.282. The largest absolute Gasteiger partial charge is 0.481 e. The topological polar surface area (TPSA) is 83.5 Å². The highest BCUT2D eigenvalue weighted by Gasteiger charge is 2.60. The van der Waals surface area contributed by atoms with E-state index >= 15 is 0 Å². The fraction of sp³-hybridized carbons (Fsp3) is 0.750. The van der Waals surface area contributed by atoms with Gasteiger partial charge in [0.05, 0.1) is 5.41 Å². The van der Waals surface area contributed by atoms with Gasteiger partial charge in [0, 0.05) is 10.8 Å². The normalized spacial score (nSPS) is 45.4. The molecule has 2 amide bonds. The lowest BCUT2D eigenvalue weighted by molar-refractivity contribution is -0.170. The molecule has 5 nitrogen and oxygen atoms in total. The second kappa shape index (κ2) is 3.09. The molecule has 1 aliphatic heterocycles. The molecule has 2 bridgehead atoms. The highest BCUT2D eigenvalue weighted by molar-refractivity contribution is 6.04. The van der Waals surface area contributed by atoms with Crippen molar-refractivity contribution in [3.63, 3.8) is 0 Å². The standard InChI is InChI=1S/C12H17NO4/c1-10-4-11(2,8(15)13-7(10)14)6-12(3,5-10)9(16)17/h4-6H2,1-3H3,(H,16,17)(H,13,14,15). The zero-order valence-electron chi connectivity index (χ0n) is 10.3. The van der Waals surface area contributed by atoms with Crippen LogP contribution in [0.2, 0.25) is 0 Å². The molecule has 1 heterocycles. The average molecular weight is 239 g/mol. The van der Waals surface area contributed by atoms with Gasteiger partial charge in [0.2, 0.25) is 11.8 Å². The van der Waals surface area contributed by atoms with E-state index in [0.29, 0.717) is 6.42 Å². The number of fused-ring (bicyclic) bond motifs is 2. The Balaban J connectivity index is 2.48. The fourth-order valence-corrected chi connectivity index (χ4v) is 3.65.